The third kappa shape index (κ3) is 2.40. The second-order valence-corrected chi connectivity index (χ2v) is 3.61. The number of alkyl halides is 1. The summed E-state index contributed by atoms with van der Waals surface area (Å²) < 4.78 is 0. The summed E-state index contributed by atoms with van der Waals surface area (Å²) in [5.41, 5.74) is 2.49. The molecule has 0 heterocycles. The van der Waals surface area contributed by atoms with Crippen molar-refractivity contribution < 1.29 is 0 Å². The minimum absolute atomic E-state index is 0.699. The maximum Gasteiger partial charge on any atom is 0.0440 e. The fourth-order valence-electron chi connectivity index (χ4n) is 1.23. The summed E-state index contributed by atoms with van der Waals surface area (Å²) >= 11 is 11.6. The monoisotopic (exact) mass is 202 g/mol. The lowest BCUT2D eigenvalue weighted by molar-refractivity contribution is 0.920. The van der Waals surface area contributed by atoms with E-state index < -0.39 is 0 Å². The van der Waals surface area contributed by atoms with Crippen molar-refractivity contribution in [2.24, 2.45) is 0 Å². The summed E-state index contributed by atoms with van der Waals surface area (Å²) in [5, 5.41) is 0.861. The Hall–Kier alpha value is -0.200. The molecule has 2 heteroatoms. The molecule has 0 nitrogen and oxygen atoms in total. The van der Waals surface area contributed by atoms with E-state index >= 15 is 0 Å². The molecule has 0 aromatic heterocycles. The Labute approximate surface area is 83.5 Å². The zero-order valence-corrected chi connectivity index (χ0v) is 8.62. The lowest BCUT2D eigenvalue weighted by Gasteiger charge is -2.06. The molecule has 0 radical (unpaired) electrons. The van der Waals surface area contributed by atoms with Crippen molar-refractivity contribution in [3.8, 4) is 0 Å². The Bertz CT molecular complexity index is 236. The molecule has 0 aliphatic heterocycles. The molecule has 0 spiro atoms. The fraction of sp³-hybridized carbons (Fsp3) is 0.400. The Morgan fingerprint density at radius 2 is 2.08 bits per heavy atom. The average molecular weight is 203 g/mol. The van der Waals surface area contributed by atoms with Gasteiger partial charge in [0, 0.05) is 10.9 Å². The molecule has 1 aromatic rings. The molecular weight excluding hydrogens is 191 g/mol. The topological polar surface area (TPSA) is 0 Å². The van der Waals surface area contributed by atoms with Crippen LogP contribution in [0.2, 0.25) is 5.02 Å². The van der Waals surface area contributed by atoms with E-state index in [0.29, 0.717) is 5.88 Å². The van der Waals surface area contributed by atoms with Crippen LogP contribution in [0.15, 0.2) is 18.2 Å². The number of halogens is 2. The van der Waals surface area contributed by atoms with Crippen LogP contribution in [0.25, 0.3) is 0 Å². The second-order valence-electron chi connectivity index (χ2n) is 2.83. The van der Waals surface area contributed by atoms with E-state index in [9.17, 15) is 0 Å². The first-order valence-corrected chi connectivity index (χ1v) is 4.97. The van der Waals surface area contributed by atoms with Crippen molar-refractivity contribution in [1.82, 2.24) is 0 Å². The van der Waals surface area contributed by atoms with Crippen LogP contribution in [-0.2, 0) is 6.42 Å². The van der Waals surface area contributed by atoms with Crippen LogP contribution in [0.4, 0.5) is 0 Å². The third-order valence-electron chi connectivity index (χ3n) is 1.91. The molecule has 1 aromatic carbocycles. The summed E-state index contributed by atoms with van der Waals surface area (Å²) in [6.07, 6.45) is 1.97. The van der Waals surface area contributed by atoms with Crippen LogP contribution in [0.1, 0.15) is 17.5 Å². The molecule has 1 rings (SSSR count). The maximum absolute atomic E-state index is 6.02. The van der Waals surface area contributed by atoms with Crippen molar-refractivity contribution in [3.63, 3.8) is 0 Å². The smallest absolute Gasteiger partial charge is 0.0440 e. The summed E-state index contributed by atoms with van der Waals surface area (Å²) in [5.74, 6) is 0.699. The van der Waals surface area contributed by atoms with Gasteiger partial charge in [0.25, 0.3) is 0 Å². The van der Waals surface area contributed by atoms with Gasteiger partial charge in [-0.1, -0.05) is 23.7 Å². The van der Waals surface area contributed by atoms with Gasteiger partial charge in [0.1, 0.15) is 0 Å². The molecule has 0 aliphatic carbocycles. The van der Waals surface area contributed by atoms with Crippen molar-refractivity contribution in [1.29, 1.82) is 0 Å². The van der Waals surface area contributed by atoms with Gasteiger partial charge in [-0.25, -0.2) is 0 Å². The Morgan fingerprint density at radius 3 is 2.67 bits per heavy atom. The fourth-order valence-corrected chi connectivity index (χ4v) is 1.68. The van der Waals surface area contributed by atoms with Crippen LogP contribution in [-0.4, -0.2) is 5.88 Å². The molecule has 0 amide bonds. The van der Waals surface area contributed by atoms with Gasteiger partial charge in [0.15, 0.2) is 0 Å². The van der Waals surface area contributed by atoms with Crippen molar-refractivity contribution in [3.05, 3.63) is 34.3 Å². The van der Waals surface area contributed by atoms with Gasteiger partial charge in [0.2, 0.25) is 0 Å². The average Bonchev–Trinajstić information content (AvgIpc) is 2.04. The predicted molar refractivity (Wildman–Crippen MR) is 55.2 cm³/mol. The minimum Gasteiger partial charge on any atom is -0.127 e. The van der Waals surface area contributed by atoms with Crippen LogP contribution in [0.3, 0.4) is 0 Å². The predicted octanol–water partition coefficient (Wildman–Crippen LogP) is 3.82. The Balaban J connectivity index is 2.81. The summed E-state index contributed by atoms with van der Waals surface area (Å²) in [7, 11) is 0. The first-order valence-electron chi connectivity index (χ1n) is 4.05. The van der Waals surface area contributed by atoms with Crippen LogP contribution in [0.5, 0.6) is 0 Å². The highest BCUT2D eigenvalue weighted by molar-refractivity contribution is 6.31. The molecule has 0 aliphatic rings. The van der Waals surface area contributed by atoms with Gasteiger partial charge in [-0.15, -0.1) is 11.6 Å². The molecule has 12 heavy (non-hydrogen) atoms. The van der Waals surface area contributed by atoms with E-state index in [1.54, 1.807) is 0 Å². The molecular formula is C10H12Cl2. The van der Waals surface area contributed by atoms with E-state index in [-0.39, 0.29) is 0 Å². The largest absolute Gasteiger partial charge is 0.127 e. The molecule has 0 saturated carbocycles. The number of benzene rings is 1. The van der Waals surface area contributed by atoms with Crippen molar-refractivity contribution in [2.45, 2.75) is 19.8 Å². The van der Waals surface area contributed by atoms with Crippen molar-refractivity contribution >= 4 is 23.2 Å². The zero-order valence-electron chi connectivity index (χ0n) is 7.11. The highest BCUT2D eigenvalue weighted by Gasteiger charge is 2.01. The highest BCUT2D eigenvalue weighted by Crippen LogP contribution is 2.20. The van der Waals surface area contributed by atoms with Gasteiger partial charge >= 0.3 is 0 Å². The van der Waals surface area contributed by atoms with Gasteiger partial charge in [-0.05, 0) is 37.0 Å². The number of rotatable bonds is 3. The van der Waals surface area contributed by atoms with Gasteiger partial charge in [-0.3, -0.25) is 0 Å². The van der Waals surface area contributed by atoms with Gasteiger partial charge in [-0.2, -0.15) is 0 Å². The number of hydrogen-bond donors (Lipinski definition) is 0. The molecule has 66 valence electrons. The van der Waals surface area contributed by atoms with Crippen LogP contribution < -0.4 is 0 Å². The van der Waals surface area contributed by atoms with Crippen LogP contribution >= 0.6 is 23.2 Å². The number of hydrogen-bond acceptors (Lipinski definition) is 0. The summed E-state index contributed by atoms with van der Waals surface area (Å²) in [6, 6.07) is 5.98. The van der Waals surface area contributed by atoms with E-state index in [2.05, 4.69) is 13.0 Å². The maximum atomic E-state index is 6.02. The first-order chi connectivity index (χ1) is 5.75. The molecule has 0 fully saturated rings. The molecule has 0 unspecified atom stereocenters. The highest BCUT2D eigenvalue weighted by atomic mass is 35.5. The Kier molecular flexibility index (Phi) is 3.90. The van der Waals surface area contributed by atoms with Gasteiger partial charge in [0.05, 0.1) is 0 Å². The first kappa shape index (κ1) is 9.88. The van der Waals surface area contributed by atoms with Gasteiger partial charge < -0.3 is 0 Å². The molecule has 0 saturated heterocycles. The van der Waals surface area contributed by atoms with Crippen LogP contribution in [0, 0.1) is 6.92 Å². The number of aryl methyl sites for hydroxylation is 1. The lowest BCUT2D eigenvalue weighted by Crippen LogP contribution is -1.91. The molecule has 0 N–H and O–H groups in total. The minimum atomic E-state index is 0.699. The van der Waals surface area contributed by atoms with E-state index in [1.807, 2.05) is 12.1 Å². The van der Waals surface area contributed by atoms with Crippen molar-refractivity contribution in [2.75, 3.05) is 5.88 Å². The second kappa shape index (κ2) is 4.74. The van der Waals surface area contributed by atoms with E-state index in [1.165, 1.54) is 11.1 Å². The lowest BCUT2D eigenvalue weighted by atomic mass is 10.0. The standard InChI is InChI=1S/C10H12Cl2/c1-8-4-2-6-10(12)9(8)5-3-7-11/h2,4,6H,3,5,7H2,1H3. The third-order valence-corrected chi connectivity index (χ3v) is 2.53. The zero-order chi connectivity index (χ0) is 8.97. The van der Waals surface area contributed by atoms with E-state index in [4.69, 9.17) is 23.2 Å². The Morgan fingerprint density at radius 1 is 1.33 bits per heavy atom. The van der Waals surface area contributed by atoms with E-state index in [0.717, 1.165) is 17.9 Å². The normalized spacial score (nSPS) is 10.2. The summed E-state index contributed by atoms with van der Waals surface area (Å²) in [6.45, 7) is 2.08. The SMILES string of the molecule is Cc1cccc(Cl)c1CCCCl. The molecule has 0 atom stereocenters. The summed E-state index contributed by atoms with van der Waals surface area (Å²) in [4.78, 5) is 0. The quantitative estimate of drug-likeness (QED) is 0.655. The molecule has 0 bridgehead atoms.